The fourth-order valence-corrected chi connectivity index (χ4v) is 3.15. The summed E-state index contributed by atoms with van der Waals surface area (Å²) in [5, 5.41) is 11.7. The zero-order valence-corrected chi connectivity index (χ0v) is 14.2. The maximum Gasteiger partial charge on any atom is 0.416 e. The van der Waals surface area contributed by atoms with E-state index in [1.807, 2.05) is 0 Å². The molecule has 8 heteroatoms. The molecular weight excluding hydrogens is 361 g/mol. The predicted molar refractivity (Wildman–Crippen MR) is 93.3 cm³/mol. The predicted octanol–water partition coefficient (Wildman–Crippen LogP) is 4.45. The molecule has 2 aromatic carbocycles. The Morgan fingerprint density at radius 3 is 2.44 bits per heavy atom. The highest BCUT2D eigenvalue weighted by molar-refractivity contribution is 5.96. The molecule has 27 heavy (non-hydrogen) atoms. The fourth-order valence-electron chi connectivity index (χ4n) is 3.15. The van der Waals surface area contributed by atoms with Crippen molar-refractivity contribution in [1.29, 1.82) is 0 Å². The van der Waals surface area contributed by atoms with Crippen molar-refractivity contribution in [3.05, 3.63) is 54.1 Å². The van der Waals surface area contributed by atoms with E-state index in [0.717, 1.165) is 17.0 Å². The first kappa shape index (κ1) is 18.8. The van der Waals surface area contributed by atoms with Crippen LogP contribution in [0.1, 0.15) is 18.4 Å². The van der Waals surface area contributed by atoms with Gasteiger partial charge in [0.2, 0.25) is 0 Å². The summed E-state index contributed by atoms with van der Waals surface area (Å²) in [6.45, 7) is 0.239. The highest BCUT2D eigenvalue weighted by atomic mass is 19.4. The maximum absolute atomic E-state index is 13.1. The first-order chi connectivity index (χ1) is 12.8. The molecule has 0 aliphatic carbocycles. The van der Waals surface area contributed by atoms with Gasteiger partial charge in [-0.15, -0.1) is 0 Å². The second-order valence-corrected chi connectivity index (χ2v) is 6.24. The van der Waals surface area contributed by atoms with Gasteiger partial charge in [-0.05, 0) is 30.5 Å². The number of hydrogen-bond acceptors (Lipinski definition) is 2. The van der Waals surface area contributed by atoms with Crippen molar-refractivity contribution in [3.63, 3.8) is 0 Å². The standard InChI is InChI=1S/C19H17F3N2O3/c20-19(21,22)13-8-9-14(12-5-2-1-3-6-12)15(11-13)23-18(27)24-10-4-7-16(24)17(25)26/h1-3,5-6,8-9,11,16H,4,7,10H2,(H,23,27)(H,25,26). The number of benzene rings is 2. The molecule has 1 unspecified atom stereocenters. The molecule has 0 aromatic heterocycles. The van der Waals surface area contributed by atoms with Crippen LogP contribution in [-0.4, -0.2) is 34.6 Å². The average Bonchev–Trinajstić information content (AvgIpc) is 3.12. The Hall–Kier alpha value is -3.03. The SMILES string of the molecule is O=C(O)C1CCCN1C(=O)Nc1cc(C(F)(F)F)ccc1-c1ccccc1. The molecule has 1 saturated heterocycles. The molecule has 0 saturated carbocycles. The largest absolute Gasteiger partial charge is 0.480 e. The Kier molecular flexibility index (Phi) is 5.07. The van der Waals surface area contributed by atoms with Gasteiger partial charge < -0.3 is 15.3 Å². The zero-order chi connectivity index (χ0) is 19.6. The number of anilines is 1. The van der Waals surface area contributed by atoms with E-state index in [-0.39, 0.29) is 12.2 Å². The number of carbonyl (C=O) groups is 2. The van der Waals surface area contributed by atoms with Gasteiger partial charge in [0, 0.05) is 12.1 Å². The molecule has 5 nitrogen and oxygen atoms in total. The lowest BCUT2D eigenvalue weighted by molar-refractivity contribution is -0.141. The molecule has 1 aliphatic heterocycles. The third-order valence-corrected chi connectivity index (χ3v) is 4.47. The third kappa shape index (κ3) is 4.05. The normalized spacial score (nSPS) is 17.0. The summed E-state index contributed by atoms with van der Waals surface area (Å²) in [7, 11) is 0. The Morgan fingerprint density at radius 2 is 1.81 bits per heavy atom. The minimum absolute atomic E-state index is 0.0166. The third-order valence-electron chi connectivity index (χ3n) is 4.47. The molecule has 142 valence electrons. The summed E-state index contributed by atoms with van der Waals surface area (Å²) in [6.07, 6.45) is -3.72. The summed E-state index contributed by atoms with van der Waals surface area (Å²) in [5.74, 6) is -1.13. The van der Waals surface area contributed by atoms with E-state index >= 15 is 0 Å². The Bertz CT molecular complexity index is 853. The number of carboxylic acid groups (broad SMARTS) is 1. The van der Waals surface area contributed by atoms with Gasteiger partial charge >= 0.3 is 18.2 Å². The second-order valence-electron chi connectivity index (χ2n) is 6.24. The molecule has 2 amide bonds. The van der Waals surface area contributed by atoms with Gasteiger partial charge in [-0.3, -0.25) is 0 Å². The number of halogens is 3. The molecule has 0 bridgehead atoms. The quantitative estimate of drug-likeness (QED) is 0.829. The van der Waals surface area contributed by atoms with Crippen LogP contribution in [0.4, 0.5) is 23.7 Å². The van der Waals surface area contributed by atoms with Crippen molar-refractivity contribution in [1.82, 2.24) is 4.90 Å². The Labute approximate surface area is 153 Å². The number of alkyl halides is 3. The molecule has 1 aliphatic rings. The van der Waals surface area contributed by atoms with Crippen molar-refractivity contribution in [2.75, 3.05) is 11.9 Å². The average molecular weight is 378 g/mol. The summed E-state index contributed by atoms with van der Waals surface area (Å²) in [6, 6.07) is 10.1. The number of rotatable bonds is 3. The van der Waals surface area contributed by atoms with Crippen molar-refractivity contribution in [2.45, 2.75) is 25.1 Å². The second kappa shape index (κ2) is 7.30. The van der Waals surface area contributed by atoms with Gasteiger partial charge in [0.15, 0.2) is 0 Å². The lowest BCUT2D eigenvalue weighted by Crippen LogP contribution is -2.42. The number of hydrogen-bond donors (Lipinski definition) is 2. The summed E-state index contributed by atoms with van der Waals surface area (Å²) in [5.41, 5.74) is 0.145. The highest BCUT2D eigenvalue weighted by Crippen LogP contribution is 2.36. The number of nitrogens with zero attached hydrogens (tertiary/aromatic N) is 1. The van der Waals surface area contributed by atoms with E-state index in [2.05, 4.69) is 5.32 Å². The van der Waals surface area contributed by atoms with Crippen molar-refractivity contribution < 1.29 is 27.9 Å². The number of nitrogens with one attached hydrogen (secondary N) is 1. The van der Waals surface area contributed by atoms with E-state index < -0.39 is 29.8 Å². The minimum Gasteiger partial charge on any atom is -0.480 e. The lowest BCUT2D eigenvalue weighted by atomic mass is 10.0. The van der Waals surface area contributed by atoms with Crippen molar-refractivity contribution in [2.24, 2.45) is 0 Å². The van der Waals surface area contributed by atoms with Crippen LogP contribution in [0.25, 0.3) is 11.1 Å². The molecule has 1 heterocycles. The fraction of sp³-hybridized carbons (Fsp3) is 0.263. The smallest absolute Gasteiger partial charge is 0.416 e. The number of carbonyl (C=O) groups excluding carboxylic acids is 1. The first-order valence-corrected chi connectivity index (χ1v) is 8.34. The van der Waals surface area contributed by atoms with E-state index in [1.54, 1.807) is 30.3 Å². The number of aliphatic carboxylic acids is 1. The monoisotopic (exact) mass is 378 g/mol. The van der Waals surface area contributed by atoms with E-state index in [1.165, 1.54) is 6.07 Å². The van der Waals surface area contributed by atoms with Crippen LogP contribution in [0.5, 0.6) is 0 Å². The van der Waals surface area contributed by atoms with E-state index in [9.17, 15) is 27.9 Å². The molecule has 1 atom stereocenters. The van der Waals surface area contributed by atoms with Gasteiger partial charge in [-0.1, -0.05) is 36.4 Å². The van der Waals surface area contributed by atoms with Gasteiger partial charge in [0.1, 0.15) is 6.04 Å². The molecular formula is C19H17F3N2O3. The van der Waals surface area contributed by atoms with Crippen molar-refractivity contribution in [3.8, 4) is 11.1 Å². The van der Waals surface area contributed by atoms with Gasteiger partial charge in [-0.2, -0.15) is 13.2 Å². The number of likely N-dealkylation sites (tertiary alicyclic amines) is 1. The van der Waals surface area contributed by atoms with E-state index in [0.29, 0.717) is 24.0 Å². The van der Waals surface area contributed by atoms with Gasteiger partial charge in [-0.25, -0.2) is 9.59 Å². The lowest BCUT2D eigenvalue weighted by Gasteiger charge is -2.23. The Morgan fingerprint density at radius 1 is 1.11 bits per heavy atom. The molecule has 0 spiro atoms. The van der Waals surface area contributed by atoms with E-state index in [4.69, 9.17) is 0 Å². The van der Waals surface area contributed by atoms with Crippen LogP contribution in [0.3, 0.4) is 0 Å². The number of urea groups is 1. The molecule has 1 fully saturated rings. The van der Waals surface area contributed by atoms with Crippen LogP contribution in [-0.2, 0) is 11.0 Å². The van der Waals surface area contributed by atoms with Crippen LogP contribution < -0.4 is 5.32 Å². The van der Waals surface area contributed by atoms with Crippen LogP contribution in [0, 0.1) is 0 Å². The molecule has 2 aromatic rings. The van der Waals surface area contributed by atoms with Crippen molar-refractivity contribution >= 4 is 17.7 Å². The topological polar surface area (TPSA) is 69.6 Å². The summed E-state index contributed by atoms with van der Waals surface area (Å²) < 4.78 is 39.3. The Balaban J connectivity index is 1.96. The number of carboxylic acids is 1. The maximum atomic E-state index is 13.1. The summed E-state index contributed by atoms with van der Waals surface area (Å²) in [4.78, 5) is 25.0. The van der Waals surface area contributed by atoms with Gasteiger partial charge in [0.25, 0.3) is 0 Å². The molecule has 2 N–H and O–H groups in total. The van der Waals surface area contributed by atoms with Gasteiger partial charge in [0.05, 0.1) is 11.3 Å². The molecule has 0 radical (unpaired) electrons. The van der Waals surface area contributed by atoms with Crippen LogP contribution in [0.15, 0.2) is 48.5 Å². The number of amides is 2. The zero-order valence-electron chi connectivity index (χ0n) is 14.2. The summed E-state index contributed by atoms with van der Waals surface area (Å²) >= 11 is 0. The van der Waals surface area contributed by atoms with Crippen LogP contribution >= 0.6 is 0 Å². The molecule has 3 rings (SSSR count). The van der Waals surface area contributed by atoms with Crippen LogP contribution in [0.2, 0.25) is 0 Å². The highest BCUT2D eigenvalue weighted by Gasteiger charge is 2.35. The minimum atomic E-state index is -4.56. The first-order valence-electron chi connectivity index (χ1n) is 8.34.